The number of aromatic hydroxyl groups is 3. The van der Waals surface area contributed by atoms with Crippen LogP contribution in [-0.2, 0) is 0 Å². The van der Waals surface area contributed by atoms with Crippen LogP contribution in [0.3, 0.4) is 0 Å². The molecule has 0 saturated heterocycles. The fourth-order valence-corrected chi connectivity index (χ4v) is 14.9. The van der Waals surface area contributed by atoms with Crippen molar-refractivity contribution in [1.29, 1.82) is 0 Å². The highest BCUT2D eigenvalue weighted by Gasteiger charge is 2.26. The minimum atomic E-state index is -1.70. The molecule has 34 heteroatoms. The maximum atomic E-state index is 14.4. The number of halogens is 6. The molecule has 0 fully saturated rings. The summed E-state index contributed by atoms with van der Waals surface area (Å²) in [7, 11) is -3.09. The highest BCUT2D eigenvalue weighted by molar-refractivity contribution is 9.10. The van der Waals surface area contributed by atoms with Gasteiger partial charge in [-0.1, -0.05) is 168 Å². The number of hydrogen-bond acceptors (Lipinski definition) is 23. The summed E-state index contributed by atoms with van der Waals surface area (Å²) in [4.78, 5) is 70.5. The second kappa shape index (κ2) is 40.5. The molecule has 3 atom stereocenters. The number of nitrogens with two attached hydrogens (primary N) is 3. The fourth-order valence-electron chi connectivity index (χ4n) is 14.1. The van der Waals surface area contributed by atoms with Crippen LogP contribution in [-0.4, -0.2) is 98.2 Å². The molecule has 0 radical (unpaired) electrons. The number of anilines is 6. The molecule has 0 saturated carbocycles. The van der Waals surface area contributed by atoms with Crippen LogP contribution in [0.5, 0.6) is 17.2 Å². The van der Waals surface area contributed by atoms with Gasteiger partial charge >= 0.3 is 14.2 Å². The molecule has 17 rings (SSSR count). The first-order valence-electron chi connectivity index (χ1n) is 39.4. The van der Waals surface area contributed by atoms with E-state index in [2.05, 4.69) is 72.8 Å². The van der Waals surface area contributed by atoms with Gasteiger partial charge in [0, 0.05) is 75.8 Å². The Balaban J connectivity index is 0.000000148. The molecule has 0 amide bonds. The quantitative estimate of drug-likeness (QED) is 0.0377. The van der Waals surface area contributed by atoms with Crippen molar-refractivity contribution in [3.8, 4) is 67.7 Å². The molecule has 7 aromatic heterocycles. The summed E-state index contributed by atoms with van der Waals surface area (Å²) in [5.74, 6) is -2.34. The smallest absolute Gasteiger partial charge is 0.488 e. The van der Waals surface area contributed by atoms with Gasteiger partial charge in [0.05, 0.1) is 48.8 Å². The van der Waals surface area contributed by atoms with Crippen LogP contribution in [0.2, 0.25) is 10.0 Å². The predicted molar refractivity (Wildman–Crippen MR) is 503 cm³/mol. The Bertz CT molecular complexity index is 7150. The summed E-state index contributed by atoms with van der Waals surface area (Å²) in [6.07, 6.45) is 6.11. The summed E-state index contributed by atoms with van der Waals surface area (Å²) < 4.78 is 46.5. The summed E-state index contributed by atoms with van der Waals surface area (Å²) in [6.45, 7) is 9.58. The summed E-state index contributed by atoms with van der Waals surface area (Å²) in [5.41, 5.74) is 27.3. The zero-order valence-corrected chi connectivity index (χ0v) is 71.9. The number of fused-ring (bicyclic) bond motifs is 3. The number of pyridine rings is 4. The predicted octanol–water partition coefficient (Wildman–Crippen LogP) is 16.0. The second-order valence-electron chi connectivity index (χ2n) is 29.2. The lowest BCUT2D eigenvalue weighted by atomic mass is 9.80. The number of phenolic OH excluding ortho intramolecular Hbond substituents is 3. The van der Waals surface area contributed by atoms with E-state index < -0.39 is 61.0 Å². The van der Waals surface area contributed by atoms with Gasteiger partial charge in [-0.25, -0.2) is 28.1 Å². The van der Waals surface area contributed by atoms with Crippen molar-refractivity contribution >= 4 is 132 Å². The third-order valence-corrected chi connectivity index (χ3v) is 21.5. The summed E-state index contributed by atoms with van der Waals surface area (Å²) >= 11 is 16.2. The van der Waals surface area contributed by atoms with Gasteiger partial charge in [-0.2, -0.15) is 15.0 Å². The van der Waals surface area contributed by atoms with Gasteiger partial charge in [0.1, 0.15) is 17.5 Å². The van der Waals surface area contributed by atoms with Crippen molar-refractivity contribution in [2.75, 3.05) is 33.2 Å². The lowest BCUT2D eigenvalue weighted by Crippen LogP contribution is -2.29. The maximum absolute atomic E-state index is 14.4. The van der Waals surface area contributed by atoms with Crippen molar-refractivity contribution in [1.82, 2.24) is 48.6 Å². The Kier molecular flexibility index (Phi) is 28.8. The molecule has 26 nitrogen and oxygen atoms in total. The Labute approximate surface area is 748 Å². The number of nitrogen functional groups attached to an aromatic ring is 3. The molecular weight excluding hydrogens is 1740 g/mol. The van der Waals surface area contributed by atoms with Crippen molar-refractivity contribution in [3.05, 3.63) is 371 Å². The van der Waals surface area contributed by atoms with Crippen molar-refractivity contribution in [2.24, 2.45) is 0 Å². The first-order chi connectivity index (χ1) is 61.4. The molecule has 0 aliphatic carbocycles. The molecule has 0 bridgehead atoms. The van der Waals surface area contributed by atoms with E-state index in [1.165, 1.54) is 42.7 Å². The van der Waals surface area contributed by atoms with Gasteiger partial charge in [0.2, 0.25) is 17.8 Å². The van der Waals surface area contributed by atoms with Crippen LogP contribution in [0.1, 0.15) is 67.2 Å². The average Bonchev–Trinajstić information content (AvgIpc) is 0.771. The van der Waals surface area contributed by atoms with E-state index in [4.69, 9.17) is 65.6 Å². The second-order valence-corrected chi connectivity index (χ2v) is 30.9. The van der Waals surface area contributed by atoms with E-state index in [-0.39, 0.29) is 46.0 Å². The zero-order valence-electron chi connectivity index (χ0n) is 68.8. The number of aryl methyl sites for hydroxylation is 2. The Morgan fingerprint density at radius 1 is 0.391 bits per heavy atom. The van der Waals surface area contributed by atoms with Crippen LogP contribution in [0, 0.1) is 31.3 Å². The highest BCUT2D eigenvalue weighted by Crippen LogP contribution is 2.38. The van der Waals surface area contributed by atoms with Crippen molar-refractivity contribution < 1.29 is 48.6 Å². The number of rotatable bonds is 17. The van der Waals surface area contributed by atoms with E-state index in [0.717, 1.165) is 62.4 Å². The number of benzene rings is 10. The highest BCUT2D eigenvalue weighted by atomic mass is 79.9. The molecule has 0 unspecified atom stereocenters. The van der Waals surface area contributed by atoms with Gasteiger partial charge in [0.25, 0.3) is 16.7 Å². The Hall–Kier alpha value is -14.8. The molecule has 10 aromatic carbocycles. The molecule has 7 heterocycles. The number of aromatic nitrogens is 10. The van der Waals surface area contributed by atoms with Crippen molar-refractivity contribution in [3.63, 3.8) is 0 Å². The number of phenols is 3. The average molecular weight is 1820 g/mol. The van der Waals surface area contributed by atoms with Crippen LogP contribution in [0.25, 0.3) is 82.8 Å². The lowest BCUT2D eigenvalue weighted by molar-refractivity contribution is 0.421. The van der Waals surface area contributed by atoms with Crippen LogP contribution >= 0.6 is 39.1 Å². The molecule has 0 spiro atoms. The number of para-hydroxylation sites is 3. The number of nitrogens with one attached hydrogen (secondary N) is 3. The molecule has 0 aliphatic rings. The van der Waals surface area contributed by atoms with E-state index in [9.17, 15) is 37.8 Å². The SMILES string of the molecule is C[C@H](Nc1nc(N)ncc1-c1ccc(O)c(F)c1)c1cc2cccc(Cl)c2c(=O)n1-c1ccccc1.C[C@H](Nc1nc(N)ncc1Br)c1cc2cccc(Cl)c2c(=O)n1-c1ccccc1.Cc1cc(B(O)O)ccn1.Cc1cccc(-c2cccc3cc([C@H](C)Nc4nc(N)ncc4-c4ccc(O)c(F)c4)n(-c4ccccc4)c(=O)c23)c1.OB(O)c1ccc(O)c(F)c1. The van der Waals surface area contributed by atoms with E-state index >= 15 is 0 Å². The summed E-state index contributed by atoms with van der Waals surface area (Å²) in [6, 6.07) is 72.1. The molecule has 128 heavy (non-hydrogen) atoms. The molecule has 17 aromatic rings. The monoisotopic (exact) mass is 1820 g/mol. The van der Waals surface area contributed by atoms with E-state index in [1.807, 2.05) is 191 Å². The molecule has 16 N–H and O–H groups in total. The normalized spacial score (nSPS) is 11.6. The molecule has 0 aliphatic heterocycles. The topological polar surface area (TPSA) is 412 Å². The number of nitrogens with zero attached hydrogens (tertiary/aromatic N) is 10. The van der Waals surface area contributed by atoms with E-state index in [0.29, 0.717) is 98.3 Å². The summed E-state index contributed by atoms with van der Waals surface area (Å²) in [5, 5.41) is 77.0. The Morgan fingerprint density at radius 3 is 1.16 bits per heavy atom. The number of hydrogen-bond donors (Lipinski definition) is 13. The first kappa shape index (κ1) is 91.0. The maximum Gasteiger partial charge on any atom is 0.488 e. The molecule has 644 valence electrons. The minimum Gasteiger partial charge on any atom is -0.505 e. The van der Waals surface area contributed by atoms with Gasteiger partial charge in [0.15, 0.2) is 34.7 Å². The fraction of sp³-hybridized carbons (Fsp3) is 0.0851. The standard InChI is InChI=1S/C34H28FN5O2.C27H21ClFN5O2.C21H17BrClN5O.C6H6BFO3.C6H8BNO2/c1-20-8-6-9-22(16-20)26-13-7-10-24-18-29(40(33(42)31(24)26)25-11-4-3-5-12-25)21(2)38-32-27(19-37-34(36)39-32)23-14-15-30(41)28(35)17-23;1-15(32-25-19(14-31-27(30)33-25)16-10-11-23(35)21(29)12-16)22-13-17-6-5-9-20(28)24(17)26(36)34(22)18-7-3-2-4-8-18;1-12(26-19-15(22)11-25-21(24)27-19)17-10-13-6-5-9-16(23)18(13)20(29)28(17)14-7-3-2-4-8-14;8-5-3-4(7(10)11)1-2-6(5)9;1-5-4-6(7(9)10)2-3-8-5/h3-19,21,41H,1-2H3,(H3,36,37,38,39);2-15,35H,1H3,(H3,30,31,32,33);2-12H,1H3,(H3,24,25,26,27);1-3,9-11H;2-4,9-10H,1H3/t21-;15-;12-;;/m000../s1. The zero-order chi connectivity index (χ0) is 91.3. The van der Waals surface area contributed by atoms with Gasteiger partial charge in [-0.15, -0.1) is 0 Å². The minimum absolute atomic E-state index is 0.0142. The third-order valence-electron chi connectivity index (χ3n) is 20.3. The van der Waals surface area contributed by atoms with E-state index in [1.54, 1.807) is 75.5 Å². The van der Waals surface area contributed by atoms with Gasteiger partial charge in [-0.05, 0) is 215 Å². The van der Waals surface area contributed by atoms with Gasteiger partial charge in [-0.3, -0.25) is 33.1 Å². The van der Waals surface area contributed by atoms with Crippen LogP contribution < -0.4 is 60.8 Å². The van der Waals surface area contributed by atoms with Crippen LogP contribution in [0.15, 0.2) is 298 Å². The largest absolute Gasteiger partial charge is 0.505 e. The Morgan fingerprint density at radius 2 is 0.758 bits per heavy atom. The van der Waals surface area contributed by atoms with Gasteiger partial charge < -0.3 is 68.6 Å². The van der Waals surface area contributed by atoms with Crippen molar-refractivity contribution in [2.45, 2.75) is 52.7 Å². The third kappa shape index (κ3) is 21.1. The van der Waals surface area contributed by atoms with Crippen LogP contribution in [0.4, 0.5) is 48.5 Å². The lowest BCUT2D eigenvalue weighted by Gasteiger charge is -2.23. The first-order valence-corrected chi connectivity index (χ1v) is 41.0. The molecular formula is C94H80B2BrCl2F3N16O10.